The van der Waals surface area contributed by atoms with E-state index in [1.807, 2.05) is 0 Å². The number of hydrogen-bond acceptors (Lipinski definition) is 13. The van der Waals surface area contributed by atoms with E-state index in [1.165, 1.54) is 12.1 Å². The number of ether oxygens (including phenoxy) is 6. The number of carbonyl (C=O) groups excluding carboxylic acids is 1. The number of rotatable bonds is 9. The normalized spacial score (nSPS) is 39.5. The number of fused-ring (bicyclic) bond motifs is 4. The molecule has 17 heteroatoms. The average Bonchev–Trinajstić information content (AvgIpc) is 3.47. The predicted octanol–water partition coefficient (Wildman–Crippen LogP) is -1.31. The molecule has 226 valence electrons. The zero-order valence-corrected chi connectivity index (χ0v) is 21.2. The van der Waals surface area contributed by atoms with Crippen LogP contribution in [0.2, 0.25) is 0 Å². The summed E-state index contributed by atoms with van der Waals surface area (Å²) in [5, 5.41) is 50.3. The summed E-state index contributed by atoms with van der Waals surface area (Å²) in [5.41, 5.74) is -2.85. The van der Waals surface area contributed by atoms with Crippen LogP contribution in [0.1, 0.15) is 15.9 Å². The SMILES string of the molecule is O=C(NC(CO[C@H]1[C@H](O)[C@H](O)[C@H]2OC[C@@H]1O2)CO[C@H]1[C@H](O)[C@H](O)[C@H]2OC[C@H]1O2)c1ccc(C2(C(F)(F)F)N=N2)cc1. The van der Waals surface area contributed by atoms with E-state index in [1.54, 1.807) is 0 Å². The van der Waals surface area contributed by atoms with Gasteiger partial charge >= 0.3 is 11.8 Å². The quantitative estimate of drug-likeness (QED) is 0.229. The third-order valence-electron chi connectivity index (χ3n) is 7.69. The van der Waals surface area contributed by atoms with Crippen molar-refractivity contribution in [3.63, 3.8) is 0 Å². The zero-order chi connectivity index (χ0) is 29.1. The third-order valence-corrected chi connectivity index (χ3v) is 7.69. The summed E-state index contributed by atoms with van der Waals surface area (Å²) in [7, 11) is 0. The van der Waals surface area contributed by atoms with Gasteiger partial charge in [0.25, 0.3) is 5.91 Å². The van der Waals surface area contributed by atoms with Crippen molar-refractivity contribution < 1.29 is 66.8 Å². The highest BCUT2D eigenvalue weighted by atomic mass is 19.4. The highest BCUT2D eigenvalue weighted by Gasteiger charge is 2.65. The molecule has 14 nitrogen and oxygen atoms in total. The Hall–Kier alpha value is -2.32. The fourth-order valence-electron chi connectivity index (χ4n) is 5.30. The Morgan fingerprint density at radius 3 is 1.83 bits per heavy atom. The molecule has 0 radical (unpaired) electrons. The summed E-state index contributed by atoms with van der Waals surface area (Å²) in [4.78, 5) is 13.1. The minimum atomic E-state index is -4.72. The van der Waals surface area contributed by atoms with Crippen LogP contribution >= 0.6 is 0 Å². The smallest absolute Gasteiger partial charge is 0.387 e. The Morgan fingerprint density at radius 1 is 0.902 bits per heavy atom. The van der Waals surface area contributed by atoms with Gasteiger partial charge in [0.1, 0.15) is 48.8 Å². The molecule has 5 aliphatic heterocycles. The Morgan fingerprint density at radius 2 is 1.39 bits per heavy atom. The van der Waals surface area contributed by atoms with Crippen molar-refractivity contribution >= 4 is 5.91 Å². The van der Waals surface area contributed by atoms with E-state index in [4.69, 9.17) is 28.4 Å². The molecule has 6 rings (SSSR count). The van der Waals surface area contributed by atoms with Gasteiger partial charge in [-0.05, 0) is 12.1 Å². The molecule has 0 spiro atoms. The second kappa shape index (κ2) is 10.7. The van der Waals surface area contributed by atoms with Crippen molar-refractivity contribution in [3.8, 4) is 0 Å². The van der Waals surface area contributed by atoms with Crippen LogP contribution in [0.25, 0.3) is 0 Å². The largest absolute Gasteiger partial charge is 0.442 e. The van der Waals surface area contributed by atoms with Gasteiger partial charge in [-0.2, -0.15) is 13.2 Å². The minimum Gasteiger partial charge on any atom is -0.387 e. The van der Waals surface area contributed by atoms with Crippen LogP contribution in [-0.4, -0.2) is 126 Å². The maximum absolute atomic E-state index is 13.3. The van der Waals surface area contributed by atoms with Gasteiger partial charge in [-0.1, -0.05) is 12.1 Å². The van der Waals surface area contributed by atoms with Gasteiger partial charge in [-0.3, -0.25) is 4.79 Å². The van der Waals surface area contributed by atoms with E-state index >= 15 is 0 Å². The topological polar surface area (TPSA) is 190 Å². The van der Waals surface area contributed by atoms with Crippen molar-refractivity contribution in [2.45, 2.75) is 79.3 Å². The number of aliphatic hydroxyl groups is 4. The standard InChI is InChI=1S/C24H28F3N3O11/c25-24(26,27)23(29-30-23)10-3-1-9(2-4-10)20(35)28-11(5-36-18-12-7-38-21(40-12)16(33)14(18)31)6-37-19-13-8-39-22(41-13)17(34)15(19)32/h1-4,11-19,21-22,31-34H,5-8H2,(H,28,35)/t11?,12-,13+,14-,15-,16+,17+,18-,19-,21+,22+/m1/s1. The van der Waals surface area contributed by atoms with Gasteiger partial charge in [0.05, 0.1) is 32.5 Å². The van der Waals surface area contributed by atoms with Crippen molar-refractivity contribution in [1.29, 1.82) is 0 Å². The molecular formula is C24H28F3N3O11. The first-order valence-electron chi connectivity index (χ1n) is 12.9. The van der Waals surface area contributed by atoms with Crippen molar-refractivity contribution in [3.05, 3.63) is 35.4 Å². The lowest BCUT2D eigenvalue weighted by molar-refractivity contribution is -0.245. The molecule has 11 atom stereocenters. The van der Waals surface area contributed by atoms with E-state index in [9.17, 15) is 38.4 Å². The van der Waals surface area contributed by atoms with Gasteiger partial charge in [-0.15, -0.1) is 10.2 Å². The Kier molecular flexibility index (Phi) is 7.55. The van der Waals surface area contributed by atoms with Crippen molar-refractivity contribution in [1.82, 2.24) is 5.32 Å². The number of alkyl halides is 3. The predicted molar refractivity (Wildman–Crippen MR) is 123 cm³/mol. The second-order valence-corrected chi connectivity index (χ2v) is 10.4. The fraction of sp³-hybridized carbons (Fsp3) is 0.708. The van der Waals surface area contributed by atoms with Crippen LogP contribution in [0.3, 0.4) is 0 Å². The molecule has 1 unspecified atom stereocenters. The van der Waals surface area contributed by atoms with Gasteiger partial charge in [-0.25, -0.2) is 0 Å². The number of hydrogen-bond donors (Lipinski definition) is 5. The number of halogens is 3. The van der Waals surface area contributed by atoms with Crippen LogP contribution in [0.4, 0.5) is 13.2 Å². The number of carbonyl (C=O) groups is 1. The average molecular weight is 591 g/mol. The maximum atomic E-state index is 13.3. The molecule has 4 fully saturated rings. The molecule has 4 bridgehead atoms. The van der Waals surface area contributed by atoms with Crippen LogP contribution in [-0.2, 0) is 34.1 Å². The van der Waals surface area contributed by atoms with Crippen LogP contribution in [0, 0.1) is 0 Å². The lowest BCUT2D eigenvalue weighted by Gasteiger charge is -2.37. The Bertz CT molecular complexity index is 1110. The molecule has 1 aromatic rings. The van der Waals surface area contributed by atoms with Gasteiger partial charge < -0.3 is 54.2 Å². The number of nitrogens with one attached hydrogen (secondary N) is 1. The molecule has 1 amide bonds. The lowest BCUT2D eigenvalue weighted by atomic mass is 10.0. The third kappa shape index (κ3) is 5.24. The van der Waals surface area contributed by atoms with Gasteiger partial charge in [0.15, 0.2) is 12.6 Å². The first kappa shape index (κ1) is 28.8. The summed E-state index contributed by atoms with van der Waals surface area (Å²) in [5.74, 6) is -0.686. The van der Waals surface area contributed by atoms with Crippen LogP contribution in [0.15, 0.2) is 34.5 Å². The number of nitrogens with zero attached hydrogens (tertiary/aromatic N) is 2. The van der Waals surface area contributed by atoms with E-state index < -0.39 is 85.2 Å². The molecule has 4 saturated heterocycles. The Balaban J connectivity index is 1.14. The van der Waals surface area contributed by atoms with Gasteiger partial charge in [0, 0.05) is 11.1 Å². The van der Waals surface area contributed by atoms with E-state index in [0.29, 0.717) is 0 Å². The summed E-state index contributed by atoms with van der Waals surface area (Å²) in [6, 6.07) is 3.65. The molecular weight excluding hydrogens is 563 g/mol. The highest BCUT2D eigenvalue weighted by Crippen LogP contribution is 2.52. The molecule has 0 aliphatic carbocycles. The molecule has 5 N–H and O–H groups in total. The monoisotopic (exact) mass is 591 g/mol. The first-order chi connectivity index (χ1) is 19.5. The molecule has 5 heterocycles. The highest BCUT2D eigenvalue weighted by molar-refractivity contribution is 5.94. The lowest BCUT2D eigenvalue weighted by Crippen LogP contribution is -2.57. The van der Waals surface area contributed by atoms with E-state index in [0.717, 1.165) is 12.1 Å². The summed E-state index contributed by atoms with van der Waals surface area (Å²) in [6.45, 7) is -0.414. The summed E-state index contributed by atoms with van der Waals surface area (Å²) >= 11 is 0. The van der Waals surface area contributed by atoms with E-state index in [-0.39, 0.29) is 37.6 Å². The fourth-order valence-corrected chi connectivity index (χ4v) is 5.30. The Labute approximate surface area is 229 Å². The van der Waals surface area contributed by atoms with Gasteiger partial charge in [0.2, 0.25) is 0 Å². The summed E-state index contributed by atoms with van der Waals surface area (Å²) in [6.07, 6.45) is -15.5. The number of aliphatic hydroxyl groups excluding tert-OH is 4. The first-order valence-corrected chi connectivity index (χ1v) is 12.9. The molecule has 5 aliphatic rings. The number of amides is 1. The van der Waals surface area contributed by atoms with Crippen LogP contribution < -0.4 is 5.32 Å². The maximum Gasteiger partial charge on any atom is 0.442 e. The number of benzene rings is 1. The van der Waals surface area contributed by atoms with Crippen molar-refractivity contribution in [2.24, 2.45) is 10.2 Å². The van der Waals surface area contributed by atoms with Crippen LogP contribution in [0.5, 0.6) is 0 Å². The molecule has 1 aromatic carbocycles. The zero-order valence-electron chi connectivity index (χ0n) is 21.2. The molecule has 41 heavy (non-hydrogen) atoms. The molecule has 0 saturated carbocycles. The van der Waals surface area contributed by atoms with E-state index in [2.05, 4.69) is 15.5 Å². The van der Waals surface area contributed by atoms with Crippen molar-refractivity contribution in [2.75, 3.05) is 26.4 Å². The summed E-state index contributed by atoms with van der Waals surface area (Å²) < 4.78 is 73.1. The molecule has 0 aromatic heterocycles. The second-order valence-electron chi connectivity index (χ2n) is 10.4. The minimum absolute atomic E-state index is 0.0173.